The van der Waals surface area contributed by atoms with E-state index in [1.54, 1.807) is 14.2 Å². The van der Waals surface area contributed by atoms with Crippen LogP contribution in [0.4, 0.5) is 0 Å². The Bertz CT molecular complexity index is 369. The molecule has 102 valence electrons. The average molecular weight is 316 g/mol. The van der Waals surface area contributed by atoms with E-state index in [2.05, 4.69) is 34.2 Å². The molecule has 0 unspecified atom stereocenters. The molecular formula is C14H22BrNO2. The number of hydrogen-bond acceptors (Lipinski definition) is 3. The Morgan fingerprint density at radius 2 is 1.83 bits per heavy atom. The normalized spacial score (nSPS) is 10.4. The molecule has 0 aromatic heterocycles. The van der Waals surface area contributed by atoms with Crippen LogP contribution in [0.3, 0.4) is 0 Å². The highest BCUT2D eigenvalue weighted by atomic mass is 79.9. The fourth-order valence-electron chi connectivity index (χ4n) is 1.86. The monoisotopic (exact) mass is 315 g/mol. The standard InChI is InChI=1S/C14H22BrNO2/c1-4-16-8-6-5-7-11-9-14(18-3)12(15)10-13(11)17-2/h9-10,16H,4-8H2,1-3H3. The lowest BCUT2D eigenvalue weighted by Gasteiger charge is -2.12. The van der Waals surface area contributed by atoms with Crippen LogP contribution in [0.2, 0.25) is 0 Å². The average Bonchev–Trinajstić information content (AvgIpc) is 2.39. The van der Waals surface area contributed by atoms with Crippen molar-refractivity contribution in [3.63, 3.8) is 0 Å². The minimum atomic E-state index is 0.859. The number of nitrogens with one attached hydrogen (secondary N) is 1. The Balaban J connectivity index is 2.62. The molecule has 0 saturated heterocycles. The first-order valence-corrected chi connectivity index (χ1v) is 7.13. The highest BCUT2D eigenvalue weighted by Gasteiger charge is 2.09. The molecule has 0 spiro atoms. The maximum Gasteiger partial charge on any atom is 0.133 e. The van der Waals surface area contributed by atoms with E-state index in [9.17, 15) is 0 Å². The summed E-state index contributed by atoms with van der Waals surface area (Å²) in [5, 5.41) is 3.33. The van der Waals surface area contributed by atoms with Crippen molar-refractivity contribution in [2.45, 2.75) is 26.2 Å². The smallest absolute Gasteiger partial charge is 0.133 e. The molecule has 0 aliphatic heterocycles. The molecule has 0 saturated carbocycles. The van der Waals surface area contributed by atoms with Crippen molar-refractivity contribution in [2.24, 2.45) is 0 Å². The second-order valence-corrected chi connectivity index (χ2v) is 4.96. The molecule has 0 heterocycles. The molecule has 0 atom stereocenters. The van der Waals surface area contributed by atoms with Gasteiger partial charge >= 0.3 is 0 Å². The number of unbranched alkanes of at least 4 members (excludes halogenated alkanes) is 1. The van der Waals surface area contributed by atoms with E-state index in [-0.39, 0.29) is 0 Å². The molecular weight excluding hydrogens is 294 g/mol. The first-order valence-electron chi connectivity index (χ1n) is 6.34. The van der Waals surface area contributed by atoms with E-state index in [0.29, 0.717) is 0 Å². The number of rotatable bonds is 8. The zero-order chi connectivity index (χ0) is 13.4. The topological polar surface area (TPSA) is 30.5 Å². The number of methoxy groups -OCH3 is 2. The van der Waals surface area contributed by atoms with Crippen LogP contribution in [0.15, 0.2) is 16.6 Å². The maximum absolute atomic E-state index is 5.40. The summed E-state index contributed by atoms with van der Waals surface area (Å²) in [7, 11) is 3.39. The van der Waals surface area contributed by atoms with Crippen molar-refractivity contribution in [2.75, 3.05) is 27.3 Å². The van der Waals surface area contributed by atoms with Crippen molar-refractivity contribution >= 4 is 15.9 Å². The summed E-state index contributed by atoms with van der Waals surface area (Å²) in [6.45, 7) is 4.24. The third kappa shape index (κ3) is 4.50. The molecule has 1 rings (SSSR count). The van der Waals surface area contributed by atoms with Crippen LogP contribution in [0.1, 0.15) is 25.3 Å². The Hall–Kier alpha value is -0.740. The Labute approximate surface area is 118 Å². The van der Waals surface area contributed by atoms with Crippen LogP contribution < -0.4 is 14.8 Å². The lowest BCUT2D eigenvalue weighted by molar-refractivity contribution is 0.396. The SMILES string of the molecule is CCNCCCCc1cc(OC)c(Br)cc1OC. The summed E-state index contributed by atoms with van der Waals surface area (Å²) in [5.74, 6) is 1.78. The molecule has 0 radical (unpaired) electrons. The molecule has 0 aliphatic rings. The van der Waals surface area contributed by atoms with Crippen LogP contribution in [0.5, 0.6) is 11.5 Å². The van der Waals surface area contributed by atoms with Gasteiger partial charge in [-0.15, -0.1) is 0 Å². The summed E-state index contributed by atoms with van der Waals surface area (Å²) < 4.78 is 11.6. The minimum Gasteiger partial charge on any atom is -0.496 e. The summed E-state index contributed by atoms with van der Waals surface area (Å²) in [6.07, 6.45) is 3.34. The van der Waals surface area contributed by atoms with E-state index in [0.717, 1.165) is 41.9 Å². The Morgan fingerprint density at radius 3 is 2.44 bits per heavy atom. The Morgan fingerprint density at radius 1 is 1.11 bits per heavy atom. The highest BCUT2D eigenvalue weighted by Crippen LogP contribution is 2.33. The van der Waals surface area contributed by atoms with Gasteiger partial charge in [0, 0.05) is 0 Å². The molecule has 1 aromatic carbocycles. The quantitative estimate of drug-likeness (QED) is 0.746. The molecule has 0 aliphatic carbocycles. The molecule has 1 N–H and O–H groups in total. The zero-order valence-corrected chi connectivity index (χ0v) is 13.0. The van der Waals surface area contributed by atoms with Gasteiger partial charge in [0.25, 0.3) is 0 Å². The highest BCUT2D eigenvalue weighted by molar-refractivity contribution is 9.10. The van der Waals surface area contributed by atoms with Gasteiger partial charge in [0.2, 0.25) is 0 Å². The number of hydrogen-bond donors (Lipinski definition) is 1. The largest absolute Gasteiger partial charge is 0.496 e. The van der Waals surface area contributed by atoms with Crippen LogP contribution in [0.25, 0.3) is 0 Å². The molecule has 4 heteroatoms. The predicted octanol–water partition coefficient (Wildman–Crippen LogP) is 3.40. The van der Waals surface area contributed by atoms with Crippen molar-refractivity contribution in [3.05, 3.63) is 22.2 Å². The van der Waals surface area contributed by atoms with Gasteiger partial charge < -0.3 is 14.8 Å². The first-order chi connectivity index (χ1) is 8.72. The fourth-order valence-corrected chi connectivity index (χ4v) is 2.35. The molecule has 0 fully saturated rings. The summed E-state index contributed by atoms with van der Waals surface area (Å²) >= 11 is 3.47. The predicted molar refractivity (Wildman–Crippen MR) is 78.7 cm³/mol. The number of ether oxygens (including phenoxy) is 2. The van der Waals surface area contributed by atoms with E-state index >= 15 is 0 Å². The van der Waals surface area contributed by atoms with Crippen molar-refractivity contribution in [3.8, 4) is 11.5 Å². The fraction of sp³-hybridized carbons (Fsp3) is 0.571. The summed E-state index contributed by atoms with van der Waals surface area (Å²) in [6, 6.07) is 4.02. The second kappa shape index (κ2) is 8.38. The van der Waals surface area contributed by atoms with Gasteiger partial charge in [-0.25, -0.2) is 0 Å². The third-order valence-electron chi connectivity index (χ3n) is 2.85. The van der Waals surface area contributed by atoms with Crippen LogP contribution in [0, 0.1) is 0 Å². The molecule has 18 heavy (non-hydrogen) atoms. The molecule has 0 bridgehead atoms. The van der Waals surface area contributed by atoms with Gasteiger partial charge in [0.1, 0.15) is 11.5 Å². The van der Waals surface area contributed by atoms with Crippen molar-refractivity contribution < 1.29 is 9.47 Å². The van der Waals surface area contributed by atoms with E-state index < -0.39 is 0 Å². The van der Waals surface area contributed by atoms with E-state index in [1.807, 2.05) is 6.07 Å². The number of aryl methyl sites for hydroxylation is 1. The van der Waals surface area contributed by atoms with Gasteiger partial charge in [-0.2, -0.15) is 0 Å². The van der Waals surface area contributed by atoms with Crippen molar-refractivity contribution in [1.82, 2.24) is 5.32 Å². The van der Waals surface area contributed by atoms with Crippen LogP contribution in [-0.4, -0.2) is 27.3 Å². The number of benzene rings is 1. The van der Waals surface area contributed by atoms with Gasteiger partial charge in [-0.1, -0.05) is 6.92 Å². The van der Waals surface area contributed by atoms with E-state index in [1.165, 1.54) is 12.0 Å². The minimum absolute atomic E-state index is 0.859. The van der Waals surface area contributed by atoms with Crippen LogP contribution in [-0.2, 0) is 6.42 Å². The van der Waals surface area contributed by atoms with Gasteiger partial charge in [0.05, 0.1) is 18.7 Å². The van der Waals surface area contributed by atoms with Crippen LogP contribution >= 0.6 is 15.9 Å². The zero-order valence-electron chi connectivity index (χ0n) is 11.4. The summed E-state index contributed by atoms with van der Waals surface area (Å²) in [4.78, 5) is 0. The van der Waals surface area contributed by atoms with Gasteiger partial charge in [0.15, 0.2) is 0 Å². The second-order valence-electron chi connectivity index (χ2n) is 4.11. The third-order valence-corrected chi connectivity index (χ3v) is 3.47. The number of halogens is 1. The van der Waals surface area contributed by atoms with Crippen molar-refractivity contribution in [1.29, 1.82) is 0 Å². The van der Waals surface area contributed by atoms with Gasteiger partial charge in [-0.05, 0) is 66.0 Å². The molecule has 0 amide bonds. The molecule has 3 nitrogen and oxygen atoms in total. The van der Waals surface area contributed by atoms with E-state index in [4.69, 9.17) is 9.47 Å². The lowest BCUT2D eigenvalue weighted by Crippen LogP contribution is -2.13. The maximum atomic E-state index is 5.40. The summed E-state index contributed by atoms with van der Waals surface area (Å²) in [5.41, 5.74) is 1.20. The van der Waals surface area contributed by atoms with Gasteiger partial charge in [-0.3, -0.25) is 0 Å². The first kappa shape index (κ1) is 15.3. The molecule has 1 aromatic rings. The lowest BCUT2D eigenvalue weighted by atomic mass is 10.1. The Kier molecular flexibility index (Phi) is 7.13.